The lowest BCUT2D eigenvalue weighted by Crippen LogP contribution is -2.56. The number of likely N-dealkylation sites (tertiary alicyclic amines) is 1. The van der Waals surface area contributed by atoms with Crippen LogP contribution >= 0.6 is 0 Å². The third-order valence-corrected chi connectivity index (χ3v) is 8.08. The smallest absolute Gasteiger partial charge is 0.255 e. The zero-order chi connectivity index (χ0) is 23.2. The average Bonchev–Trinajstić information content (AvgIpc) is 3.39. The number of rotatable bonds is 5. The van der Waals surface area contributed by atoms with Crippen molar-refractivity contribution in [2.24, 2.45) is 0 Å². The number of benzene rings is 1. The van der Waals surface area contributed by atoms with Gasteiger partial charge in [0, 0.05) is 51.6 Å². The van der Waals surface area contributed by atoms with Crippen LogP contribution in [0.3, 0.4) is 0 Å². The first-order chi connectivity index (χ1) is 15.8. The molecule has 1 unspecified atom stereocenters. The Kier molecular flexibility index (Phi) is 5.69. The van der Waals surface area contributed by atoms with Crippen LogP contribution in [0.5, 0.6) is 5.75 Å². The van der Waals surface area contributed by atoms with E-state index in [1.54, 1.807) is 12.0 Å². The van der Waals surface area contributed by atoms with Crippen molar-refractivity contribution >= 4 is 17.7 Å². The van der Waals surface area contributed by atoms with E-state index in [0.717, 1.165) is 62.9 Å². The van der Waals surface area contributed by atoms with Crippen molar-refractivity contribution in [3.05, 3.63) is 29.3 Å². The number of carbonyl (C=O) groups is 3. The molecule has 1 N–H and O–H groups in total. The van der Waals surface area contributed by atoms with E-state index < -0.39 is 6.04 Å². The predicted octanol–water partition coefficient (Wildman–Crippen LogP) is 2.60. The van der Waals surface area contributed by atoms with E-state index in [1.807, 2.05) is 18.2 Å². The highest BCUT2D eigenvalue weighted by Gasteiger charge is 2.45. The highest BCUT2D eigenvalue weighted by Crippen LogP contribution is 2.41. The van der Waals surface area contributed by atoms with Crippen LogP contribution in [0.2, 0.25) is 0 Å². The molecular weight excluding hydrogens is 422 g/mol. The van der Waals surface area contributed by atoms with Crippen molar-refractivity contribution in [3.63, 3.8) is 0 Å². The maximum atomic E-state index is 13.0. The van der Waals surface area contributed by atoms with Crippen LogP contribution in [-0.4, -0.2) is 65.1 Å². The molecule has 1 aliphatic carbocycles. The molecule has 3 fully saturated rings. The van der Waals surface area contributed by atoms with Gasteiger partial charge in [0.1, 0.15) is 11.8 Å². The molecule has 3 heterocycles. The van der Waals surface area contributed by atoms with Gasteiger partial charge in [0.2, 0.25) is 11.8 Å². The van der Waals surface area contributed by atoms with Crippen molar-refractivity contribution in [3.8, 4) is 5.75 Å². The molecule has 5 rings (SSSR count). The quantitative estimate of drug-likeness (QED) is 0.687. The van der Waals surface area contributed by atoms with Gasteiger partial charge in [0.05, 0.1) is 5.60 Å². The number of fused-ring (bicyclic) bond motifs is 1. The Bertz CT molecular complexity index is 963. The average molecular weight is 456 g/mol. The third-order valence-electron chi connectivity index (χ3n) is 8.08. The highest BCUT2D eigenvalue weighted by atomic mass is 16.5. The van der Waals surface area contributed by atoms with Crippen LogP contribution in [0, 0.1) is 0 Å². The number of ether oxygens (including phenoxy) is 2. The first kappa shape index (κ1) is 22.3. The minimum atomic E-state index is -0.600. The highest BCUT2D eigenvalue weighted by molar-refractivity contribution is 6.05. The summed E-state index contributed by atoms with van der Waals surface area (Å²) in [5.74, 6) is -0.0476. The molecule has 4 aliphatic rings. The van der Waals surface area contributed by atoms with Gasteiger partial charge in [-0.1, -0.05) is 0 Å². The second kappa shape index (κ2) is 8.40. The summed E-state index contributed by atoms with van der Waals surface area (Å²) >= 11 is 0. The fourth-order valence-corrected chi connectivity index (χ4v) is 5.84. The van der Waals surface area contributed by atoms with Gasteiger partial charge < -0.3 is 14.4 Å². The van der Waals surface area contributed by atoms with E-state index in [4.69, 9.17) is 9.47 Å². The molecule has 8 nitrogen and oxygen atoms in total. The Morgan fingerprint density at radius 1 is 1.06 bits per heavy atom. The summed E-state index contributed by atoms with van der Waals surface area (Å²) in [6.45, 7) is 4.42. The summed E-state index contributed by atoms with van der Waals surface area (Å²) < 4.78 is 12.4. The Balaban J connectivity index is 1.32. The molecule has 1 atom stereocenters. The maximum Gasteiger partial charge on any atom is 0.255 e. The molecule has 0 spiro atoms. The molecule has 1 aromatic rings. The number of carbonyl (C=O) groups excluding carboxylic acids is 3. The lowest BCUT2D eigenvalue weighted by Gasteiger charge is -2.47. The van der Waals surface area contributed by atoms with Gasteiger partial charge in [-0.15, -0.1) is 0 Å². The molecule has 3 amide bonds. The summed E-state index contributed by atoms with van der Waals surface area (Å²) in [4.78, 5) is 40.8. The van der Waals surface area contributed by atoms with Crippen molar-refractivity contribution in [1.29, 1.82) is 0 Å². The van der Waals surface area contributed by atoms with E-state index >= 15 is 0 Å². The molecule has 2 saturated heterocycles. The zero-order valence-electron chi connectivity index (χ0n) is 19.5. The molecule has 0 aromatic heterocycles. The maximum absolute atomic E-state index is 13.0. The van der Waals surface area contributed by atoms with Gasteiger partial charge >= 0.3 is 0 Å². The molecule has 1 saturated carbocycles. The topological polar surface area (TPSA) is 88.2 Å². The molecule has 33 heavy (non-hydrogen) atoms. The molecule has 8 heteroatoms. The number of methoxy groups -OCH3 is 1. The Hall–Kier alpha value is -2.45. The lowest BCUT2D eigenvalue weighted by atomic mass is 9.91. The summed E-state index contributed by atoms with van der Waals surface area (Å²) in [6, 6.07) is 5.06. The summed E-state index contributed by atoms with van der Waals surface area (Å²) in [6.07, 6.45) is 6.86. The van der Waals surface area contributed by atoms with Gasteiger partial charge in [-0.2, -0.15) is 0 Å². The van der Waals surface area contributed by atoms with Gasteiger partial charge in [0.25, 0.3) is 5.91 Å². The molecule has 0 radical (unpaired) electrons. The van der Waals surface area contributed by atoms with Crippen LogP contribution in [0.25, 0.3) is 0 Å². The summed E-state index contributed by atoms with van der Waals surface area (Å²) in [7, 11) is 1.79. The third kappa shape index (κ3) is 4.04. The lowest BCUT2D eigenvalue weighted by molar-refractivity contribution is -0.136. The van der Waals surface area contributed by atoms with Crippen molar-refractivity contribution < 1.29 is 23.9 Å². The van der Waals surface area contributed by atoms with Crippen molar-refractivity contribution in [2.75, 3.05) is 20.2 Å². The number of imide groups is 1. The van der Waals surface area contributed by atoms with Crippen LogP contribution in [0.4, 0.5) is 0 Å². The standard InChI is InChI=1S/C25H33N3O5/c1-24(32-2)11-13-27(14-12-24)25(9-3-4-10-25)33-18-5-6-19-17(15-18)16-28(23(19)31)20-7-8-21(29)26-22(20)30/h5-6,15,20H,3-4,7-14,16H2,1-2H3,(H,26,29,30). The number of piperidine rings is 2. The number of hydrogen-bond acceptors (Lipinski definition) is 6. The summed E-state index contributed by atoms with van der Waals surface area (Å²) in [5.41, 5.74) is 1.11. The van der Waals surface area contributed by atoms with E-state index in [-0.39, 0.29) is 35.5 Å². The Morgan fingerprint density at radius 2 is 1.79 bits per heavy atom. The fraction of sp³-hybridized carbons (Fsp3) is 0.640. The van der Waals surface area contributed by atoms with Crippen LogP contribution in [-0.2, 0) is 20.9 Å². The van der Waals surface area contributed by atoms with Crippen LogP contribution in [0.15, 0.2) is 18.2 Å². The Morgan fingerprint density at radius 3 is 2.45 bits per heavy atom. The molecule has 3 aliphatic heterocycles. The minimum absolute atomic E-state index is 0.0658. The van der Waals surface area contributed by atoms with Crippen molar-refractivity contribution in [2.45, 2.75) is 82.2 Å². The first-order valence-electron chi connectivity index (χ1n) is 12.1. The van der Waals surface area contributed by atoms with Gasteiger partial charge in [0.15, 0.2) is 5.72 Å². The number of hydrogen-bond donors (Lipinski definition) is 1. The van der Waals surface area contributed by atoms with E-state index in [2.05, 4.69) is 17.1 Å². The van der Waals surface area contributed by atoms with Gasteiger partial charge in [-0.05, 0) is 62.8 Å². The fourth-order valence-electron chi connectivity index (χ4n) is 5.84. The van der Waals surface area contributed by atoms with E-state index in [1.165, 1.54) is 0 Å². The van der Waals surface area contributed by atoms with Gasteiger partial charge in [-0.25, -0.2) is 0 Å². The van der Waals surface area contributed by atoms with Crippen LogP contribution in [0.1, 0.15) is 74.2 Å². The second-order valence-corrected chi connectivity index (χ2v) is 10.1. The number of amides is 3. The molecule has 0 bridgehead atoms. The summed E-state index contributed by atoms with van der Waals surface area (Å²) in [5, 5.41) is 2.35. The minimum Gasteiger partial charge on any atom is -0.473 e. The van der Waals surface area contributed by atoms with E-state index in [0.29, 0.717) is 18.5 Å². The monoisotopic (exact) mass is 455 g/mol. The predicted molar refractivity (Wildman–Crippen MR) is 121 cm³/mol. The zero-order valence-corrected chi connectivity index (χ0v) is 19.5. The normalized spacial score (nSPS) is 26.9. The number of nitrogens with zero attached hydrogens (tertiary/aromatic N) is 2. The largest absolute Gasteiger partial charge is 0.473 e. The first-order valence-corrected chi connectivity index (χ1v) is 12.1. The molecular formula is C25H33N3O5. The van der Waals surface area contributed by atoms with Crippen molar-refractivity contribution in [1.82, 2.24) is 15.1 Å². The Labute approximate surface area is 194 Å². The van der Waals surface area contributed by atoms with Gasteiger partial charge in [-0.3, -0.25) is 24.6 Å². The van der Waals surface area contributed by atoms with Crippen LogP contribution < -0.4 is 10.1 Å². The molecule has 178 valence electrons. The molecule has 1 aromatic carbocycles. The second-order valence-electron chi connectivity index (χ2n) is 10.1. The van der Waals surface area contributed by atoms with E-state index in [9.17, 15) is 14.4 Å². The SMILES string of the molecule is COC1(C)CCN(C2(Oc3ccc4c(c3)CN(C3CCC(=O)NC3=O)C4=O)CCCC2)CC1. The number of nitrogens with one attached hydrogen (secondary N) is 1.